The van der Waals surface area contributed by atoms with Gasteiger partial charge < -0.3 is 15.0 Å². The molecule has 0 radical (unpaired) electrons. The highest BCUT2D eigenvalue weighted by Gasteiger charge is 2.28. The summed E-state index contributed by atoms with van der Waals surface area (Å²) in [5.74, 6) is -0.362. The number of alkyl carbamates (subject to hydrolysis) is 1. The molecule has 1 aromatic heterocycles. The van der Waals surface area contributed by atoms with Crippen molar-refractivity contribution in [3.63, 3.8) is 0 Å². The Kier molecular flexibility index (Phi) is 11.4. The van der Waals surface area contributed by atoms with Crippen LogP contribution in [0.15, 0.2) is 43.6 Å². The first-order valence-electron chi connectivity index (χ1n) is 9.57. The summed E-state index contributed by atoms with van der Waals surface area (Å²) in [6.07, 6.45) is 1.51. The minimum atomic E-state index is -0.806. The number of rotatable bonds is 5. The molecule has 29 heavy (non-hydrogen) atoms. The number of likely N-dealkylation sites (N-methyl/N-ethyl adjacent to an activating group) is 1. The minimum Gasteiger partial charge on any atom is -0.444 e. The fraction of sp³-hybridized carbons (Fsp3) is 0.455. The number of benzene rings is 1. The van der Waals surface area contributed by atoms with Crippen LogP contribution < -0.4 is 5.32 Å². The van der Waals surface area contributed by atoms with Crippen LogP contribution in [0.5, 0.6) is 0 Å². The molecule has 0 fully saturated rings. The van der Waals surface area contributed by atoms with E-state index >= 15 is 0 Å². The smallest absolute Gasteiger partial charge is 0.408 e. The molecule has 0 aliphatic rings. The quantitative estimate of drug-likeness (QED) is 0.568. The summed E-state index contributed by atoms with van der Waals surface area (Å²) in [5.41, 5.74) is 1.25. The van der Waals surface area contributed by atoms with Gasteiger partial charge in [0, 0.05) is 30.6 Å². The summed E-state index contributed by atoms with van der Waals surface area (Å²) < 4.78 is 5.27. The van der Waals surface area contributed by atoms with E-state index in [4.69, 9.17) is 9.57 Å². The van der Waals surface area contributed by atoms with Crippen LogP contribution in [0.3, 0.4) is 0 Å². The Balaban J connectivity index is 0.00000184. The summed E-state index contributed by atoms with van der Waals surface area (Å²) in [4.78, 5) is 32.8. The van der Waals surface area contributed by atoms with Crippen molar-refractivity contribution in [1.29, 1.82) is 0 Å². The van der Waals surface area contributed by atoms with Gasteiger partial charge in [0.25, 0.3) is 5.91 Å². The second kappa shape index (κ2) is 12.6. The average Bonchev–Trinajstić information content (AvgIpc) is 3.11. The fourth-order valence-corrected chi connectivity index (χ4v) is 2.48. The maximum absolute atomic E-state index is 12.6. The van der Waals surface area contributed by atoms with Gasteiger partial charge in [0.05, 0.1) is 7.11 Å². The number of para-hydroxylation sites is 1. The number of ether oxygens (including phenoxy) is 1. The van der Waals surface area contributed by atoms with E-state index in [0.717, 1.165) is 21.5 Å². The Bertz CT molecular complexity index is 765. The molecule has 1 atom stereocenters. The van der Waals surface area contributed by atoms with Crippen LogP contribution >= 0.6 is 0 Å². The van der Waals surface area contributed by atoms with Gasteiger partial charge in [-0.15, -0.1) is 13.2 Å². The van der Waals surface area contributed by atoms with Crippen molar-refractivity contribution in [3.8, 4) is 0 Å². The van der Waals surface area contributed by atoms with Crippen LogP contribution in [0.4, 0.5) is 4.79 Å². The second-order valence-electron chi connectivity index (χ2n) is 6.78. The summed E-state index contributed by atoms with van der Waals surface area (Å²) in [6.45, 7) is 15.3. The zero-order valence-corrected chi connectivity index (χ0v) is 18.7. The van der Waals surface area contributed by atoms with Crippen molar-refractivity contribution in [2.45, 2.75) is 52.7 Å². The molecule has 2 N–H and O–H groups in total. The van der Waals surface area contributed by atoms with E-state index in [1.54, 1.807) is 20.8 Å². The molecule has 1 heterocycles. The lowest BCUT2D eigenvalue weighted by Crippen LogP contribution is -2.49. The Morgan fingerprint density at radius 1 is 1.21 bits per heavy atom. The molecule has 2 aromatic rings. The maximum atomic E-state index is 12.6. The van der Waals surface area contributed by atoms with Gasteiger partial charge in [-0.25, -0.2) is 9.86 Å². The highest BCUT2D eigenvalue weighted by Crippen LogP contribution is 2.20. The number of fused-ring (bicyclic) bond motifs is 1. The molecule has 2 amide bonds. The van der Waals surface area contributed by atoms with Gasteiger partial charge >= 0.3 is 6.09 Å². The Labute approximate surface area is 174 Å². The molecule has 0 saturated heterocycles. The predicted octanol–water partition coefficient (Wildman–Crippen LogP) is 4.45. The van der Waals surface area contributed by atoms with Gasteiger partial charge in [-0.3, -0.25) is 9.63 Å². The van der Waals surface area contributed by atoms with E-state index < -0.39 is 17.7 Å². The Hall–Kier alpha value is -2.80. The molecular weight excluding hydrogens is 370 g/mol. The van der Waals surface area contributed by atoms with Crippen LogP contribution in [-0.2, 0) is 20.8 Å². The van der Waals surface area contributed by atoms with Crippen molar-refractivity contribution in [1.82, 2.24) is 15.4 Å². The number of hydrogen-bond acceptors (Lipinski definition) is 4. The Morgan fingerprint density at radius 3 is 2.34 bits per heavy atom. The number of carbonyl (C=O) groups is 2. The summed E-state index contributed by atoms with van der Waals surface area (Å²) in [5, 5.41) is 4.75. The SMILES string of the molecule is C=C.CC.CON(C)C(=O)C(Cc1c[nH]c2ccccc12)NC(=O)OC(C)(C)C. The van der Waals surface area contributed by atoms with Crippen molar-refractivity contribution in [2.24, 2.45) is 0 Å². The molecule has 0 saturated carbocycles. The number of carbonyl (C=O) groups excluding carboxylic acids is 2. The number of aromatic nitrogens is 1. The topological polar surface area (TPSA) is 83.7 Å². The molecule has 0 aliphatic heterocycles. The molecule has 7 nitrogen and oxygen atoms in total. The van der Waals surface area contributed by atoms with Crippen LogP contribution in [0.2, 0.25) is 0 Å². The molecule has 0 aliphatic carbocycles. The molecule has 7 heteroatoms. The van der Waals surface area contributed by atoms with E-state index in [-0.39, 0.29) is 5.91 Å². The summed E-state index contributed by atoms with van der Waals surface area (Å²) >= 11 is 0. The third-order valence-electron chi connectivity index (χ3n) is 3.67. The van der Waals surface area contributed by atoms with Gasteiger partial charge in [0.15, 0.2) is 0 Å². The van der Waals surface area contributed by atoms with Gasteiger partial charge in [-0.05, 0) is 32.4 Å². The predicted molar refractivity (Wildman–Crippen MR) is 118 cm³/mol. The lowest BCUT2D eigenvalue weighted by molar-refractivity contribution is -0.171. The van der Waals surface area contributed by atoms with Crippen LogP contribution in [0.25, 0.3) is 10.9 Å². The molecule has 162 valence electrons. The molecular formula is C22H35N3O4. The zero-order chi connectivity index (χ0) is 22.6. The molecule has 1 aromatic carbocycles. The van der Waals surface area contributed by atoms with Crippen molar-refractivity contribution >= 4 is 22.9 Å². The first-order chi connectivity index (χ1) is 13.7. The highest BCUT2D eigenvalue weighted by atomic mass is 16.7. The molecule has 2 rings (SSSR count). The fourth-order valence-electron chi connectivity index (χ4n) is 2.48. The van der Waals surface area contributed by atoms with Gasteiger partial charge in [-0.2, -0.15) is 0 Å². The minimum absolute atomic E-state index is 0.315. The van der Waals surface area contributed by atoms with Crippen LogP contribution in [0, 0.1) is 0 Å². The van der Waals surface area contributed by atoms with Crippen molar-refractivity contribution in [3.05, 3.63) is 49.2 Å². The van der Waals surface area contributed by atoms with Crippen molar-refractivity contribution < 1.29 is 19.2 Å². The number of hydroxylamine groups is 2. The van der Waals surface area contributed by atoms with Gasteiger partial charge in [-0.1, -0.05) is 32.0 Å². The number of hydrogen-bond donors (Lipinski definition) is 2. The second-order valence-corrected chi connectivity index (χ2v) is 6.78. The highest BCUT2D eigenvalue weighted by molar-refractivity contribution is 5.87. The lowest BCUT2D eigenvalue weighted by Gasteiger charge is -2.25. The van der Waals surface area contributed by atoms with Crippen molar-refractivity contribution in [2.75, 3.05) is 14.2 Å². The molecule has 1 unspecified atom stereocenters. The summed E-state index contributed by atoms with van der Waals surface area (Å²) in [6, 6.07) is 6.98. The first-order valence-corrected chi connectivity index (χ1v) is 9.57. The number of nitrogens with one attached hydrogen (secondary N) is 2. The first kappa shape index (κ1) is 26.2. The van der Waals surface area contributed by atoms with E-state index in [2.05, 4.69) is 23.5 Å². The normalized spacial score (nSPS) is 11.3. The number of amides is 2. The monoisotopic (exact) mass is 405 g/mol. The third-order valence-corrected chi connectivity index (χ3v) is 3.67. The number of aromatic amines is 1. The molecule has 0 bridgehead atoms. The van der Waals surface area contributed by atoms with Crippen LogP contribution in [-0.4, -0.2) is 47.8 Å². The summed E-state index contributed by atoms with van der Waals surface area (Å²) in [7, 11) is 2.90. The van der Waals surface area contributed by atoms with Crippen LogP contribution in [0.1, 0.15) is 40.2 Å². The van der Waals surface area contributed by atoms with Gasteiger partial charge in [0.1, 0.15) is 11.6 Å². The van der Waals surface area contributed by atoms with E-state index in [1.165, 1.54) is 14.2 Å². The van der Waals surface area contributed by atoms with E-state index in [0.29, 0.717) is 6.42 Å². The number of nitrogens with zero attached hydrogens (tertiary/aromatic N) is 1. The maximum Gasteiger partial charge on any atom is 0.408 e. The molecule has 0 spiro atoms. The standard InChI is InChI=1S/C18H25N3O4.C2H6.C2H4/c1-18(2,3)25-17(23)20-15(16(22)21(4)24-5)10-12-11-19-14-9-7-6-8-13(12)14;2*1-2/h6-9,11,15,19H,10H2,1-5H3,(H,20,23);1-2H3;1-2H2. The average molecular weight is 406 g/mol. The lowest BCUT2D eigenvalue weighted by atomic mass is 10.0. The van der Waals surface area contributed by atoms with E-state index in [9.17, 15) is 9.59 Å². The van der Waals surface area contributed by atoms with E-state index in [1.807, 2.05) is 44.3 Å². The van der Waals surface area contributed by atoms with Gasteiger partial charge in [0.2, 0.25) is 0 Å². The largest absolute Gasteiger partial charge is 0.444 e. The number of H-pyrrole nitrogens is 1. The zero-order valence-electron chi connectivity index (χ0n) is 18.7. The third kappa shape index (κ3) is 8.39. The Morgan fingerprint density at radius 2 is 1.79 bits per heavy atom.